The van der Waals surface area contributed by atoms with Crippen LogP contribution in [0.4, 0.5) is 0 Å². The molecule has 0 aromatic heterocycles. The van der Waals surface area contributed by atoms with Crippen molar-refractivity contribution in [2.75, 3.05) is 39.6 Å². The molecule has 0 saturated heterocycles. The molecule has 19 heteroatoms. The van der Waals surface area contributed by atoms with Gasteiger partial charge in [0.25, 0.3) is 0 Å². The molecule has 0 spiro atoms. The predicted molar refractivity (Wildman–Crippen MR) is 400 cm³/mol. The Morgan fingerprint density at radius 2 is 0.469 bits per heavy atom. The van der Waals surface area contributed by atoms with E-state index in [0.717, 1.165) is 108 Å². The lowest BCUT2D eigenvalue weighted by molar-refractivity contribution is -0.161. The molecule has 0 aliphatic rings. The van der Waals surface area contributed by atoms with Crippen molar-refractivity contribution in [2.24, 2.45) is 17.8 Å². The smallest absolute Gasteiger partial charge is 0.462 e. The number of phosphoric acid groups is 2. The molecular weight excluding hydrogens is 1280 g/mol. The topological polar surface area (TPSA) is 237 Å². The van der Waals surface area contributed by atoms with Crippen LogP contribution >= 0.6 is 15.6 Å². The van der Waals surface area contributed by atoms with Crippen LogP contribution < -0.4 is 0 Å². The van der Waals surface area contributed by atoms with Crippen molar-refractivity contribution in [3.8, 4) is 0 Å². The zero-order valence-corrected chi connectivity index (χ0v) is 66.0. The average molecular weight is 1440 g/mol. The first-order chi connectivity index (χ1) is 47.2. The van der Waals surface area contributed by atoms with Gasteiger partial charge in [0.1, 0.15) is 19.3 Å². The summed E-state index contributed by atoms with van der Waals surface area (Å²) < 4.78 is 68.6. The fraction of sp³-hybridized carbons (Fsp3) is 0.949. The summed E-state index contributed by atoms with van der Waals surface area (Å²) >= 11 is 0. The minimum absolute atomic E-state index is 0.105. The van der Waals surface area contributed by atoms with E-state index in [4.69, 9.17) is 37.0 Å². The molecule has 0 heterocycles. The number of ether oxygens (including phenoxy) is 4. The summed E-state index contributed by atoms with van der Waals surface area (Å²) in [5.74, 6) is 0.120. The molecule has 582 valence electrons. The molecule has 0 saturated carbocycles. The van der Waals surface area contributed by atoms with Crippen LogP contribution in [0.5, 0.6) is 0 Å². The maximum absolute atomic E-state index is 13.1. The number of esters is 4. The first kappa shape index (κ1) is 96.1. The Morgan fingerprint density at radius 1 is 0.276 bits per heavy atom. The van der Waals surface area contributed by atoms with Crippen molar-refractivity contribution in [1.29, 1.82) is 0 Å². The van der Waals surface area contributed by atoms with Crippen LogP contribution in [-0.4, -0.2) is 96.7 Å². The highest BCUT2D eigenvalue weighted by Crippen LogP contribution is 2.45. The SMILES string of the molecule is CCCCCCCCCCCCCCCCCCCCCC(=O)O[C@H](COC(=O)CCCCCCCCCCCCCCCC(C)C)COP(=O)(O)OC[C@@H](O)COP(=O)(O)OC[C@@H](COC(=O)CCCCCCCCC(C)C)OC(=O)CCCCCCCCCCCCCC(C)C. The summed E-state index contributed by atoms with van der Waals surface area (Å²) in [7, 11) is -9.92. The number of aliphatic hydroxyl groups is 1. The number of carbonyl (C=O) groups is 4. The number of phosphoric ester groups is 2. The number of aliphatic hydroxyl groups excluding tert-OH is 1. The van der Waals surface area contributed by atoms with Crippen LogP contribution in [-0.2, 0) is 65.4 Å². The van der Waals surface area contributed by atoms with Gasteiger partial charge < -0.3 is 33.8 Å². The summed E-state index contributed by atoms with van der Waals surface area (Å²) in [6.45, 7) is 11.9. The molecule has 0 radical (unpaired) electrons. The Hall–Kier alpha value is -1.94. The second-order valence-corrected chi connectivity index (χ2v) is 32.8. The van der Waals surface area contributed by atoms with Crippen LogP contribution in [0.25, 0.3) is 0 Å². The zero-order valence-electron chi connectivity index (χ0n) is 64.3. The van der Waals surface area contributed by atoms with Gasteiger partial charge in [-0.15, -0.1) is 0 Å². The van der Waals surface area contributed by atoms with E-state index in [1.807, 2.05) is 0 Å². The van der Waals surface area contributed by atoms with Crippen molar-refractivity contribution >= 4 is 39.5 Å². The van der Waals surface area contributed by atoms with E-state index in [2.05, 4.69) is 48.5 Å². The van der Waals surface area contributed by atoms with Gasteiger partial charge in [0.05, 0.1) is 26.4 Å². The Balaban J connectivity index is 5.23. The van der Waals surface area contributed by atoms with E-state index < -0.39 is 97.5 Å². The molecule has 0 aliphatic heterocycles. The van der Waals surface area contributed by atoms with E-state index in [1.165, 1.54) is 212 Å². The summed E-state index contributed by atoms with van der Waals surface area (Å²) in [5, 5.41) is 10.6. The molecule has 98 heavy (non-hydrogen) atoms. The van der Waals surface area contributed by atoms with E-state index in [1.54, 1.807) is 0 Å². The van der Waals surface area contributed by atoms with Gasteiger partial charge >= 0.3 is 39.5 Å². The minimum Gasteiger partial charge on any atom is -0.462 e. The van der Waals surface area contributed by atoms with E-state index in [-0.39, 0.29) is 25.7 Å². The average Bonchev–Trinajstić information content (AvgIpc) is 0.976. The highest BCUT2D eigenvalue weighted by molar-refractivity contribution is 7.47. The van der Waals surface area contributed by atoms with E-state index >= 15 is 0 Å². The Bertz CT molecular complexity index is 1900. The van der Waals surface area contributed by atoms with Crippen LogP contribution in [0.1, 0.15) is 408 Å². The Morgan fingerprint density at radius 3 is 0.694 bits per heavy atom. The third-order valence-electron chi connectivity index (χ3n) is 18.4. The van der Waals surface area contributed by atoms with Crippen molar-refractivity contribution in [2.45, 2.75) is 426 Å². The molecule has 3 N–H and O–H groups in total. The third kappa shape index (κ3) is 72.4. The van der Waals surface area contributed by atoms with Crippen LogP contribution in [0.15, 0.2) is 0 Å². The largest absolute Gasteiger partial charge is 0.472 e. The number of hydrogen-bond donors (Lipinski definition) is 3. The second kappa shape index (κ2) is 69.4. The highest BCUT2D eigenvalue weighted by Gasteiger charge is 2.30. The normalized spacial score (nSPS) is 14.0. The molecule has 0 rings (SSSR count). The first-order valence-electron chi connectivity index (χ1n) is 40.8. The lowest BCUT2D eigenvalue weighted by Gasteiger charge is -2.21. The molecular formula is C79H154O17P2. The second-order valence-electron chi connectivity index (χ2n) is 29.9. The highest BCUT2D eigenvalue weighted by atomic mass is 31.2. The van der Waals surface area contributed by atoms with Crippen molar-refractivity contribution < 1.29 is 80.2 Å². The van der Waals surface area contributed by atoms with Crippen molar-refractivity contribution in [1.82, 2.24) is 0 Å². The van der Waals surface area contributed by atoms with Crippen LogP contribution in [0.3, 0.4) is 0 Å². The van der Waals surface area contributed by atoms with Gasteiger partial charge in [-0.2, -0.15) is 0 Å². The lowest BCUT2D eigenvalue weighted by Crippen LogP contribution is -2.30. The molecule has 0 fully saturated rings. The van der Waals surface area contributed by atoms with Crippen LogP contribution in [0, 0.1) is 17.8 Å². The number of rotatable bonds is 77. The van der Waals surface area contributed by atoms with Crippen molar-refractivity contribution in [3.05, 3.63) is 0 Å². The molecule has 5 atom stereocenters. The maximum atomic E-state index is 13.1. The Kier molecular flexibility index (Phi) is 68.1. The van der Waals surface area contributed by atoms with Gasteiger partial charge in [-0.05, 0) is 43.4 Å². The quantitative estimate of drug-likeness (QED) is 0.0222. The molecule has 17 nitrogen and oxygen atoms in total. The maximum Gasteiger partial charge on any atom is 0.472 e. The molecule has 0 aliphatic carbocycles. The summed E-state index contributed by atoms with van der Waals surface area (Å²) in [5.41, 5.74) is 0. The summed E-state index contributed by atoms with van der Waals surface area (Å²) in [4.78, 5) is 72.9. The fourth-order valence-corrected chi connectivity index (χ4v) is 13.7. The summed E-state index contributed by atoms with van der Waals surface area (Å²) in [6.07, 6.45) is 57.1. The fourth-order valence-electron chi connectivity index (χ4n) is 12.1. The number of carbonyl (C=O) groups excluding carboxylic acids is 4. The standard InChI is InChI=1S/C79H154O17P2/c1-8-9-10-11-12-13-14-15-16-17-18-19-20-23-29-34-39-48-55-62-78(83)95-74(66-89-76(81)60-53-46-38-33-28-24-21-22-26-31-36-43-50-57-70(2)3)68-93-97(85,86)91-64-73(80)65-92-98(87,88)94-69-75(67-90-77(82)61-54-47-42-41-45-52-59-72(6)7)96-79(84)63-56-49-40-35-30-25-27-32-37-44-51-58-71(4)5/h70-75,80H,8-69H2,1-7H3,(H,85,86)(H,87,88)/t73-,74-,75-/m1/s1. The van der Waals surface area contributed by atoms with E-state index in [9.17, 15) is 43.2 Å². The van der Waals surface area contributed by atoms with Gasteiger partial charge in [0.15, 0.2) is 12.2 Å². The van der Waals surface area contributed by atoms with Gasteiger partial charge in [-0.25, -0.2) is 9.13 Å². The molecule has 2 unspecified atom stereocenters. The number of unbranched alkanes of at least 4 members (excludes halogenated alkanes) is 45. The lowest BCUT2D eigenvalue weighted by atomic mass is 10.0. The van der Waals surface area contributed by atoms with Gasteiger partial charge in [-0.3, -0.25) is 37.3 Å². The molecule has 0 aromatic carbocycles. The summed E-state index contributed by atoms with van der Waals surface area (Å²) in [6, 6.07) is 0. The first-order valence-corrected chi connectivity index (χ1v) is 43.8. The van der Waals surface area contributed by atoms with Gasteiger partial charge in [0, 0.05) is 25.7 Å². The van der Waals surface area contributed by atoms with Crippen LogP contribution in [0.2, 0.25) is 0 Å². The van der Waals surface area contributed by atoms with Gasteiger partial charge in [0.2, 0.25) is 0 Å². The zero-order chi connectivity index (χ0) is 72.3. The monoisotopic (exact) mass is 1440 g/mol. The molecule has 0 amide bonds. The number of hydrogen-bond acceptors (Lipinski definition) is 15. The van der Waals surface area contributed by atoms with E-state index in [0.29, 0.717) is 31.6 Å². The van der Waals surface area contributed by atoms with Crippen molar-refractivity contribution in [3.63, 3.8) is 0 Å². The minimum atomic E-state index is -4.96. The van der Waals surface area contributed by atoms with Gasteiger partial charge in [-0.1, -0.05) is 357 Å². The third-order valence-corrected chi connectivity index (χ3v) is 20.3. The molecule has 0 bridgehead atoms. The predicted octanol–water partition coefficient (Wildman–Crippen LogP) is 23.4. The Labute approximate surface area is 600 Å². The molecule has 0 aromatic rings.